The van der Waals surface area contributed by atoms with Crippen LogP contribution in [0.3, 0.4) is 0 Å². The summed E-state index contributed by atoms with van der Waals surface area (Å²) in [5.74, 6) is -0.546. The van der Waals surface area contributed by atoms with Crippen LogP contribution in [0, 0.1) is 5.92 Å². The third-order valence-corrected chi connectivity index (χ3v) is 8.42. The molecule has 5 heterocycles. The van der Waals surface area contributed by atoms with E-state index in [1.807, 2.05) is 24.3 Å². The van der Waals surface area contributed by atoms with Gasteiger partial charge in [-0.3, -0.25) is 29.0 Å². The Morgan fingerprint density at radius 1 is 0.900 bits per heavy atom. The van der Waals surface area contributed by atoms with E-state index in [1.165, 1.54) is 9.08 Å². The molecule has 3 saturated heterocycles. The molecule has 40 heavy (non-hydrogen) atoms. The topological polar surface area (TPSA) is 138 Å². The molecule has 0 spiro atoms. The van der Waals surface area contributed by atoms with Crippen molar-refractivity contribution < 1.29 is 14.4 Å². The van der Waals surface area contributed by atoms with Gasteiger partial charge in [0.1, 0.15) is 6.04 Å². The zero-order chi connectivity index (χ0) is 27.8. The van der Waals surface area contributed by atoms with Crippen LogP contribution in [-0.2, 0) is 9.59 Å². The minimum Gasteiger partial charge on any atom is -0.372 e. The Balaban J connectivity index is 1.02. The van der Waals surface area contributed by atoms with E-state index in [0.717, 1.165) is 70.0 Å². The molecule has 3 aliphatic rings. The van der Waals surface area contributed by atoms with E-state index in [9.17, 15) is 19.2 Å². The summed E-state index contributed by atoms with van der Waals surface area (Å²) in [6.45, 7) is 6.82. The summed E-state index contributed by atoms with van der Waals surface area (Å²) in [7, 11) is 0. The molecule has 3 N–H and O–H groups in total. The summed E-state index contributed by atoms with van der Waals surface area (Å²) in [4.78, 5) is 55.2. The number of fused-ring (bicyclic) bond motifs is 1. The number of amides is 3. The lowest BCUT2D eigenvalue weighted by Crippen LogP contribution is -2.49. The number of benzene rings is 1. The fraction of sp³-hybridized carbons (Fsp3) is 0.464. The lowest BCUT2D eigenvalue weighted by Gasteiger charge is -2.40. The first-order valence-corrected chi connectivity index (χ1v) is 13.9. The van der Waals surface area contributed by atoms with Crippen molar-refractivity contribution in [2.45, 2.75) is 31.7 Å². The van der Waals surface area contributed by atoms with Crippen molar-refractivity contribution in [3.63, 3.8) is 0 Å². The smallest absolute Gasteiger partial charge is 0.351 e. The van der Waals surface area contributed by atoms with Gasteiger partial charge >= 0.3 is 5.69 Å². The number of pyridine rings is 1. The zero-order valence-electron chi connectivity index (χ0n) is 22.4. The number of carbonyl (C=O) groups excluding carboxylic acids is 3. The molecule has 0 radical (unpaired) electrons. The molecule has 1 unspecified atom stereocenters. The average Bonchev–Trinajstić information content (AvgIpc) is 3.29. The average molecular weight is 547 g/mol. The van der Waals surface area contributed by atoms with E-state index >= 15 is 0 Å². The van der Waals surface area contributed by atoms with Crippen LogP contribution in [0.5, 0.6) is 0 Å². The molecular formula is C28H34N8O4. The number of hydrogen-bond donors (Lipinski definition) is 2. The van der Waals surface area contributed by atoms with Gasteiger partial charge < -0.3 is 15.5 Å². The van der Waals surface area contributed by atoms with Crippen molar-refractivity contribution in [2.75, 3.05) is 55.6 Å². The van der Waals surface area contributed by atoms with Crippen molar-refractivity contribution in [2.24, 2.45) is 11.7 Å². The first kappa shape index (κ1) is 26.1. The third-order valence-electron chi connectivity index (χ3n) is 8.42. The predicted octanol–water partition coefficient (Wildman–Crippen LogP) is 0.611. The lowest BCUT2D eigenvalue weighted by molar-refractivity contribution is -0.136. The minimum absolute atomic E-state index is 0.192. The van der Waals surface area contributed by atoms with E-state index in [-0.39, 0.29) is 24.4 Å². The number of rotatable bonds is 6. The number of carbonyl (C=O) groups is 3. The highest BCUT2D eigenvalue weighted by Gasteiger charge is 2.31. The number of imide groups is 1. The Kier molecular flexibility index (Phi) is 7.01. The van der Waals surface area contributed by atoms with E-state index in [0.29, 0.717) is 17.1 Å². The quantitative estimate of drug-likeness (QED) is 0.429. The van der Waals surface area contributed by atoms with E-state index in [1.54, 1.807) is 18.3 Å². The molecular weight excluding hydrogens is 512 g/mol. The number of nitrogens with zero attached hydrogens (tertiary/aromatic N) is 6. The minimum atomic E-state index is -0.772. The van der Waals surface area contributed by atoms with Crippen molar-refractivity contribution in [1.29, 1.82) is 0 Å². The Hall–Kier alpha value is -4.19. The number of nitrogens with two attached hydrogens (primary N) is 1. The normalized spacial score (nSPS) is 21.1. The second kappa shape index (κ2) is 10.8. The highest BCUT2D eigenvalue weighted by molar-refractivity contribution is 5.99. The number of hydrogen-bond acceptors (Lipinski definition) is 8. The fourth-order valence-electron chi connectivity index (χ4n) is 6.06. The maximum atomic E-state index is 12.9. The molecule has 3 amide bonds. The van der Waals surface area contributed by atoms with Crippen molar-refractivity contribution in [3.8, 4) is 0 Å². The predicted molar refractivity (Wildman–Crippen MR) is 149 cm³/mol. The van der Waals surface area contributed by atoms with Crippen LogP contribution in [0.1, 0.15) is 42.1 Å². The Morgan fingerprint density at radius 2 is 1.60 bits per heavy atom. The van der Waals surface area contributed by atoms with Crippen LogP contribution in [0.2, 0.25) is 0 Å². The van der Waals surface area contributed by atoms with Crippen LogP contribution in [-0.4, -0.2) is 82.6 Å². The molecule has 1 atom stereocenters. The molecule has 2 aromatic heterocycles. The monoisotopic (exact) mass is 546 g/mol. The van der Waals surface area contributed by atoms with E-state index < -0.39 is 17.9 Å². The zero-order valence-corrected chi connectivity index (χ0v) is 22.4. The first-order valence-electron chi connectivity index (χ1n) is 13.9. The summed E-state index contributed by atoms with van der Waals surface area (Å²) in [6, 6.07) is 10.6. The molecule has 3 aliphatic heterocycles. The second-order valence-corrected chi connectivity index (χ2v) is 10.9. The number of nitrogens with one attached hydrogen (secondary N) is 1. The van der Waals surface area contributed by atoms with Gasteiger partial charge in [-0.2, -0.15) is 4.68 Å². The molecule has 0 saturated carbocycles. The Labute approximate surface area is 231 Å². The molecule has 3 fully saturated rings. The summed E-state index contributed by atoms with van der Waals surface area (Å²) < 4.78 is 2.64. The highest BCUT2D eigenvalue weighted by Crippen LogP contribution is 2.26. The fourth-order valence-corrected chi connectivity index (χ4v) is 6.06. The van der Waals surface area contributed by atoms with Gasteiger partial charge in [-0.05, 0) is 55.5 Å². The first-order chi connectivity index (χ1) is 19.4. The third kappa shape index (κ3) is 5.18. The maximum Gasteiger partial charge on any atom is 0.351 e. The summed E-state index contributed by atoms with van der Waals surface area (Å²) >= 11 is 0. The van der Waals surface area contributed by atoms with Gasteiger partial charge in [-0.25, -0.2) is 4.79 Å². The number of aromatic nitrogens is 3. The molecule has 210 valence electrons. The van der Waals surface area contributed by atoms with Gasteiger partial charge in [0.15, 0.2) is 5.65 Å². The van der Waals surface area contributed by atoms with Crippen LogP contribution >= 0.6 is 0 Å². The lowest BCUT2D eigenvalue weighted by atomic mass is 9.95. The molecule has 6 rings (SSSR count). The molecule has 1 aromatic carbocycles. The molecule has 0 bridgehead atoms. The largest absolute Gasteiger partial charge is 0.372 e. The van der Waals surface area contributed by atoms with E-state index in [2.05, 4.69) is 25.1 Å². The standard InChI is InChI=1S/C28H34N8O4/c29-26(38)20-1-3-21(4-2-20)33-10-7-19(8-11-33)18-32-13-15-34(16-14-32)22-9-12-35-24(17-22)31-36(28(35)40)23-5-6-25(37)30-27(23)39/h1-4,9,12,17,19,23H,5-8,10-11,13-16,18H2,(H2,29,38)(H,30,37,39). The Morgan fingerprint density at radius 3 is 2.27 bits per heavy atom. The number of piperazine rings is 1. The second-order valence-electron chi connectivity index (χ2n) is 10.9. The maximum absolute atomic E-state index is 12.9. The number of piperidine rings is 2. The van der Waals surface area contributed by atoms with Gasteiger partial charge in [-0.1, -0.05) is 0 Å². The van der Waals surface area contributed by atoms with Gasteiger partial charge in [0.2, 0.25) is 11.8 Å². The van der Waals surface area contributed by atoms with Gasteiger partial charge in [-0.15, -0.1) is 5.10 Å². The SMILES string of the molecule is NC(=O)c1ccc(N2CCC(CN3CCN(c4ccn5c(=O)n(C6CCC(=O)NC6=O)nc5c4)CC3)CC2)cc1. The van der Waals surface area contributed by atoms with Crippen LogP contribution < -0.4 is 26.5 Å². The molecule has 12 heteroatoms. The van der Waals surface area contributed by atoms with E-state index in [4.69, 9.17) is 5.73 Å². The van der Waals surface area contributed by atoms with Crippen LogP contribution in [0.4, 0.5) is 11.4 Å². The van der Waals surface area contributed by atoms with Gasteiger partial charge in [0.05, 0.1) is 0 Å². The molecule has 12 nitrogen and oxygen atoms in total. The van der Waals surface area contributed by atoms with Crippen LogP contribution in [0.25, 0.3) is 5.65 Å². The van der Waals surface area contributed by atoms with Crippen molar-refractivity contribution in [1.82, 2.24) is 24.4 Å². The number of anilines is 2. The van der Waals surface area contributed by atoms with Crippen molar-refractivity contribution in [3.05, 3.63) is 58.6 Å². The highest BCUT2D eigenvalue weighted by atomic mass is 16.2. The summed E-state index contributed by atoms with van der Waals surface area (Å²) in [6.07, 6.45) is 4.45. The molecule has 3 aromatic rings. The summed E-state index contributed by atoms with van der Waals surface area (Å²) in [5, 5.41) is 6.73. The van der Waals surface area contributed by atoms with Crippen LogP contribution in [0.15, 0.2) is 47.4 Å². The number of primary amides is 1. The molecule has 0 aliphatic carbocycles. The van der Waals surface area contributed by atoms with Gasteiger partial charge in [0.25, 0.3) is 5.91 Å². The van der Waals surface area contributed by atoms with Gasteiger partial charge in [0, 0.05) is 81.4 Å². The Bertz CT molecular complexity index is 1480. The summed E-state index contributed by atoms with van der Waals surface area (Å²) in [5.41, 5.74) is 8.14. The van der Waals surface area contributed by atoms with Crippen molar-refractivity contribution >= 4 is 34.7 Å².